The highest BCUT2D eigenvalue weighted by Gasteiger charge is 2.34. The van der Waals surface area contributed by atoms with Crippen LogP contribution in [0.15, 0.2) is 48.5 Å². The minimum Gasteiger partial charge on any atom is -0.371 e. The first-order valence-electron chi connectivity index (χ1n) is 9.39. The zero-order valence-corrected chi connectivity index (χ0v) is 15.5. The average Bonchev–Trinajstić information content (AvgIpc) is 3.41. The van der Waals surface area contributed by atoms with Gasteiger partial charge in [-0.25, -0.2) is 4.98 Å². The molecule has 2 N–H and O–H groups in total. The maximum Gasteiger partial charge on any atom is 0.449 e. The number of amides is 1. The molecule has 0 bridgehead atoms. The van der Waals surface area contributed by atoms with Crippen LogP contribution >= 0.6 is 0 Å². The van der Waals surface area contributed by atoms with Crippen LogP contribution in [0.3, 0.4) is 0 Å². The van der Waals surface area contributed by atoms with Gasteiger partial charge in [-0.2, -0.15) is 13.2 Å². The number of carbonyl (C=O) groups is 1. The third-order valence-electron chi connectivity index (χ3n) is 4.83. The normalized spacial score (nSPS) is 15.4. The summed E-state index contributed by atoms with van der Waals surface area (Å²) in [5.41, 5.74) is 1.94. The Morgan fingerprint density at radius 2 is 1.93 bits per heavy atom. The molecular formula is C21H20F3N3O2. The lowest BCUT2D eigenvalue weighted by molar-refractivity contribution is -0.144. The Hall–Kier alpha value is -2.87. The first-order chi connectivity index (χ1) is 13.9. The number of halogens is 3. The number of nitrogens with zero attached hydrogens (tertiary/aromatic N) is 1. The van der Waals surface area contributed by atoms with Crippen molar-refractivity contribution in [3.63, 3.8) is 0 Å². The van der Waals surface area contributed by atoms with Gasteiger partial charge in [0.25, 0.3) is 0 Å². The van der Waals surface area contributed by atoms with E-state index in [9.17, 15) is 18.0 Å². The number of hydrogen-bond acceptors (Lipinski definition) is 3. The van der Waals surface area contributed by atoms with Gasteiger partial charge in [0.1, 0.15) is 6.61 Å². The Morgan fingerprint density at radius 3 is 2.62 bits per heavy atom. The summed E-state index contributed by atoms with van der Waals surface area (Å²) in [5, 5.41) is 2.93. The van der Waals surface area contributed by atoms with E-state index in [4.69, 9.17) is 4.74 Å². The van der Waals surface area contributed by atoms with Gasteiger partial charge in [-0.05, 0) is 42.0 Å². The first-order valence-corrected chi connectivity index (χ1v) is 9.39. The van der Waals surface area contributed by atoms with E-state index in [2.05, 4.69) is 15.3 Å². The highest BCUT2D eigenvalue weighted by molar-refractivity contribution is 5.79. The SMILES string of the molecule is O=C(COCC1CC1)N[C@@H](c1ccccc1)c1ccc2nc(C(F)(F)F)[nH]c2c1. The van der Waals surface area contributed by atoms with Gasteiger partial charge >= 0.3 is 6.18 Å². The minimum atomic E-state index is -4.55. The smallest absolute Gasteiger partial charge is 0.371 e. The quantitative estimate of drug-likeness (QED) is 0.621. The number of fused-ring (bicyclic) bond motifs is 1. The highest BCUT2D eigenvalue weighted by Crippen LogP contribution is 2.31. The molecule has 0 unspecified atom stereocenters. The average molecular weight is 403 g/mol. The van der Waals surface area contributed by atoms with Gasteiger partial charge < -0.3 is 15.0 Å². The Morgan fingerprint density at radius 1 is 1.17 bits per heavy atom. The van der Waals surface area contributed by atoms with Crippen LogP contribution in [-0.4, -0.2) is 29.1 Å². The summed E-state index contributed by atoms with van der Waals surface area (Å²) >= 11 is 0. The second-order valence-corrected chi connectivity index (χ2v) is 7.23. The van der Waals surface area contributed by atoms with Crippen LogP contribution in [0.1, 0.15) is 35.8 Å². The number of alkyl halides is 3. The summed E-state index contributed by atoms with van der Waals surface area (Å²) < 4.78 is 44.3. The van der Waals surface area contributed by atoms with Gasteiger partial charge in [-0.1, -0.05) is 36.4 Å². The summed E-state index contributed by atoms with van der Waals surface area (Å²) in [6.07, 6.45) is -2.28. The van der Waals surface area contributed by atoms with Crippen LogP contribution < -0.4 is 5.32 Å². The molecule has 8 heteroatoms. The zero-order valence-electron chi connectivity index (χ0n) is 15.5. The molecule has 0 aliphatic heterocycles. The minimum absolute atomic E-state index is 0.0512. The van der Waals surface area contributed by atoms with E-state index in [-0.39, 0.29) is 23.5 Å². The number of aromatic amines is 1. The predicted molar refractivity (Wildman–Crippen MR) is 101 cm³/mol. The molecule has 1 atom stereocenters. The fourth-order valence-corrected chi connectivity index (χ4v) is 3.15. The van der Waals surface area contributed by atoms with Gasteiger partial charge in [0.15, 0.2) is 0 Å². The van der Waals surface area contributed by atoms with Crippen molar-refractivity contribution in [2.45, 2.75) is 25.1 Å². The number of imidazole rings is 1. The third kappa shape index (κ3) is 4.76. The number of carbonyl (C=O) groups excluding carboxylic acids is 1. The van der Waals surface area contributed by atoms with E-state index in [0.717, 1.165) is 18.4 Å². The molecule has 1 heterocycles. The third-order valence-corrected chi connectivity index (χ3v) is 4.83. The molecular weight excluding hydrogens is 383 g/mol. The van der Waals surface area contributed by atoms with Crippen LogP contribution in [0.5, 0.6) is 0 Å². The van der Waals surface area contributed by atoms with Crippen LogP contribution in [0.2, 0.25) is 0 Å². The molecule has 0 saturated heterocycles. The number of rotatable bonds is 7. The van der Waals surface area contributed by atoms with Crippen LogP contribution in [-0.2, 0) is 15.7 Å². The number of aromatic nitrogens is 2. The van der Waals surface area contributed by atoms with E-state index in [1.54, 1.807) is 12.1 Å². The van der Waals surface area contributed by atoms with E-state index >= 15 is 0 Å². The van der Waals surface area contributed by atoms with Gasteiger partial charge in [0.2, 0.25) is 11.7 Å². The molecule has 0 radical (unpaired) electrons. The summed E-state index contributed by atoms with van der Waals surface area (Å²) in [7, 11) is 0. The summed E-state index contributed by atoms with van der Waals surface area (Å²) in [5.74, 6) is -0.767. The van der Waals surface area contributed by atoms with Crippen molar-refractivity contribution < 1.29 is 22.7 Å². The molecule has 1 aromatic heterocycles. The lowest BCUT2D eigenvalue weighted by Crippen LogP contribution is -2.32. The van der Waals surface area contributed by atoms with Gasteiger partial charge in [-0.15, -0.1) is 0 Å². The van der Waals surface area contributed by atoms with Crippen molar-refractivity contribution >= 4 is 16.9 Å². The van der Waals surface area contributed by atoms with E-state index in [1.807, 2.05) is 30.3 Å². The number of nitrogens with one attached hydrogen (secondary N) is 2. The fraction of sp³-hybridized carbons (Fsp3) is 0.333. The number of benzene rings is 2. The van der Waals surface area contributed by atoms with Gasteiger partial charge in [-0.3, -0.25) is 4.79 Å². The number of hydrogen-bond donors (Lipinski definition) is 2. The van der Waals surface area contributed by atoms with Crippen molar-refractivity contribution in [1.29, 1.82) is 0 Å². The van der Waals surface area contributed by atoms with Crippen LogP contribution in [0, 0.1) is 5.92 Å². The lowest BCUT2D eigenvalue weighted by Gasteiger charge is -2.20. The van der Waals surface area contributed by atoms with Crippen molar-refractivity contribution in [1.82, 2.24) is 15.3 Å². The van der Waals surface area contributed by atoms with Crippen molar-refractivity contribution in [3.05, 3.63) is 65.5 Å². The van der Waals surface area contributed by atoms with Crippen LogP contribution in [0.25, 0.3) is 11.0 Å². The maximum atomic E-state index is 12.9. The molecule has 1 aliphatic rings. The topological polar surface area (TPSA) is 67.0 Å². The molecule has 4 rings (SSSR count). The molecule has 3 aromatic rings. The molecule has 5 nitrogen and oxygen atoms in total. The molecule has 29 heavy (non-hydrogen) atoms. The largest absolute Gasteiger partial charge is 0.449 e. The molecule has 1 aliphatic carbocycles. The molecule has 1 amide bonds. The summed E-state index contributed by atoms with van der Waals surface area (Å²) in [4.78, 5) is 18.3. The lowest BCUT2D eigenvalue weighted by atomic mass is 9.98. The Kier molecular flexibility index (Phi) is 5.27. The van der Waals surface area contributed by atoms with Crippen molar-refractivity contribution in [2.24, 2.45) is 5.92 Å². The second-order valence-electron chi connectivity index (χ2n) is 7.23. The van der Waals surface area contributed by atoms with E-state index < -0.39 is 18.0 Å². The Balaban J connectivity index is 1.58. The highest BCUT2D eigenvalue weighted by atomic mass is 19.4. The summed E-state index contributed by atoms with van der Waals surface area (Å²) in [6, 6.07) is 13.5. The predicted octanol–water partition coefficient (Wildman–Crippen LogP) is 4.21. The maximum absolute atomic E-state index is 12.9. The van der Waals surface area contributed by atoms with Gasteiger partial charge in [0, 0.05) is 0 Å². The summed E-state index contributed by atoms with van der Waals surface area (Å²) in [6.45, 7) is 0.522. The monoisotopic (exact) mass is 403 g/mol. The number of ether oxygens (including phenoxy) is 1. The van der Waals surface area contributed by atoms with E-state index in [1.165, 1.54) is 6.07 Å². The van der Waals surface area contributed by atoms with Gasteiger partial charge in [0.05, 0.1) is 23.7 Å². The molecule has 1 saturated carbocycles. The zero-order chi connectivity index (χ0) is 20.4. The Bertz CT molecular complexity index is 997. The van der Waals surface area contributed by atoms with Crippen LogP contribution in [0.4, 0.5) is 13.2 Å². The number of H-pyrrole nitrogens is 1. The molecule has 2 aromatic carbocycles. The molecule has 0 spiro atoms. The molecule has 1 fully saturated rings. The van der Waals surface area contributed by atoms with Crippen molar-refractivity contribution in [3.8, 4) is 0 Å². The molecule has 152 valence electrons. The fourth-order valence-electron chi connectivity index (χ4n) is 3.15. The second kappa shape index (κ2) is 7.87. The first kappa shape index (κ1) is 19.4. The standard InChI is InChI=1S/C21H20F3N3O2/c22-21(23,24)20-25-16-9-8-15(10-17(16)26-20)19(14-4-2-1-3-5-14)27-18(28)12-29-11-13-6-7-13/h1-5,8-10,13,19H,6-7,11-12H2,(H,25,26)(H,27,28)/t19-/m0/s1. The Labute approximate surface area is 165 Å². The van der Waals surface area contributed by atoms with E-state index in [0.29, 0.717) is 18.1 Å². The van der Waals surface area contributed by atoms with Crippen molar-refractivity contribution in [2.75, 3.05) is 13.2 Å².